The van der Waals surface area contributed by atoms with Crippen LogP contribution in [0.5, 0.6) is 0 Å². The number of hydrogen-bond acceptors (Lipinski definition) is 3. The minimum atomic E-state index is -2.37. The van der Waals surface area contributed by atoms with Gasteiger partial charge in [0.05, 0.1) is 6.54 Å². The van der Waals surface area contributed by atoms with Crippen LogP contribution in [0, 0.1) is 4.77 Å². The molecule has 0 unspecified atom stereocenters. The van der Waals surface area contributed by atoms with Gasteiger partial charge in [-0.05, 0) is 25.1 Å². The molecule has 102 valence electrons. The number of hydrogen-bond donors (Lipinski definition) is 1. The van der Waals surface area contributed by atoms with Crippen LogP contribution in [0.15, 0.2) is 0 Å². The Morgan fingerprint density at radius 1 is 1.44 bits per heavy atom. The lowest BCUT2D eigenvalue weighted by atomic mass is 9.95. The second kappa shape index (κ2) is 5.77. The highest BCUT2D eigenvalue weighted by atomic mass is 32.1. The van der Waals surface area contributed by atoms with Crippen molar-refractivity contribution >= 4 is 18.2 Å². The molecule has 0 atom stereocenters. The Labute approximate surface area is 110 Å². The molecule has 1 N–H and O–H groups in total. The third-order valence-corrected chi connectivity index (χ3v) is 3.67. The zero-order chi connectivity index (χ0) is 13.1. The second-order valence-electron chi connectivity index (χ2n) is 4.76. The molecule has 2 rings (SSSR count). The van der Waals surface area contributed by atoms with Crippen molar-refractivity contribution in [3.05, 3.63) is 4.77 Å². The molecule has 1 aromatic heterocycles. The molecule has 7 heteroatoms. The summed E-state index contributed by atoms with van der Waals surface area (Å²) >= 11 is 5.22. The van der Waals surface area contributed by atoms with E-state index < -0.39 is 6.43 Å². The maximum absolute atomic E-state index is 12.4. The van der Waals surface area contributed by atoms with E-state index in [4.69, 9.17) is 12.2 Å². The van der Waals surface area contributed by atoms with Crippen LogP contribution in [0.4, 0.5) is 14.7 Å². The summed E-state index contributed by atoms with van der Waals surface area (Å²) in [6.45, 7) is -0.327. The van der Waals surface area contributed by atoms with E-state index in [0.29, 0.717) is 16.8 Å². The molecule has 4 nitrogen and oxygen atoms in total. The lowest BCUT2D eigenvalue weighted by Crippen LogP contribution is -2.28. The van der Waals surface area contributed by atoms with Crippen LogP contribution in [0.3, 0.4) is 0 Å². The van der Waals surface area contributed by atoms with Gasteiger partial charge in [0.2, 0.25) is 5.95 Å². The Kier molecular flexibility index (Phi) is 4.31. The van der Waals surface area contributed by atoms with Crippen molar-refractivity contribution in [1.82, 2.24) is 14.8 Å². The van der Waals surface area contributed by atoms with Crippen LogP contribution in [0.25, 0.3) is 0 Å². The standard InChI is InChI=1S/C11H18F2N4S/c1-16(7-9(12)13)10-14-15-11(18)17(10)8-5-3-2-4-6-8/h8-9H,2-7H2,1H3,(H,15,18). The third kappa shape index (κ3) is 2.88. The number of nitrogens with zero attached hydrogens (tertiary/aromatic N) is 3. The van der Waals surface area contributed by atoms with Crippen LogP contribution < -0.4 is 4.90 Å². The fourth-order valence-corrected chi connectivity index (χ4v) is 2.80. The van der Waals surface area contributed by atoms with Gasteiger partial charge in [0.1, 0.15) is 0 Å². The van der Waals surface area contributed by atoms with Crippen molar-refractivity contribution in [3.8, 4) is 0 Å². The summed E-state index contributed by atoms with van der Waals surface area (Å²) in [6, 6.07) is 0.292. The summed E-state index contributed by atoms with van der Waals surface area (Å²) in [7, 11) is 1.62. The number of anilines is 1. The van der Waals surface area contributed by atoms with Gasteiger partial charge in [-0.25, -0.2) is 13.9 Å². The molecule has 0 radical (unpaired) electrons. The van der Waals surface area contributed by atoms with Crippen molar-refractivity contribution in [2.24, 2.45) is 0 Å². The first-order chi connectivity index (χ1) is 8.59. The molecule has 0 bridgehead atoms. The van der Waals surface area contributed by atoms with Crippen LogP contribution in [-0.2, 0) is 0 Å². The SMILES string of the molecule is CN(CC(F)F)c1n[nH]c(=S)n1C1CCCCC1. The smallest absolute Gasteiger partial charge is 0.255 e. The van der Waals surface area contributed by atoms with E-state index in [9.17, 15) is 8.78 Å². The summed E-state index contributed by atoms with van der Waals surface area (Å²) < 4.78 is 27.3. The van der Waals surface area contributed by atoms with Gasteiger partial charge in [0.25, 0.3) is 6.43 Å². The van der Waals surface area contributed by atoms with Crippen molar-refractivity contribution < 1.29 is 8.78 Å². The average Bonchev–Trinajstić information content (AvgIpc) is 2.71. The van der Waals surface area contributed by atoms with Crippen LogP contribution in [-0.4, -0.2) is 34.8 Å². The van der Waals surface area contributed by atoms with E-state index in [-0.39, 0.29) is 6.54 Å². The monoisotopic (exact) mass is 276 g/mol. The summed E-state index contributed by atoms with van der Waals surface area (Å²) in [4.78, 5) is 1.46. The Bertz CT molecular complexity index is 436. The van der Waals surface area contributed by atoms with Gasteiger partial charge < -0.3 is 4.90 Å². The van der Waals surface area contributed by atoms with E-state index >= 15 is 0 Å². The fraction of sp³-hybridized carbons (Fsp3) is 0.818. The molecule has 0 saturated heterocycles. The topological polar surface area (TPSA) is 36.9 Å². The van der Waals surface area contributed by atoms with Crippen molar-refractivity contribution in [2.45, 2.75) is 44.6 Å². The fourth-order valence-electron chi connectivity index (χ4n) is 2.52. The van der Waals surface area contributed by atoms with Gasteiger partial charge >= 0.3 is 0 Å². The molecule has 0 spiro atoms. The van der Waals surface area contributed by atoms with Gasteiger partial charge in [-0.3, -0.25) is 4.57 Å². The van der Waals surface area contributed by atoms with E-state index in [1.165, 1.54) is 11.3 Å². The third-order valence-electron chi connectivity index (χ3n) is 3.38. The zero-order valence-electron chi connectivity index (χ0n) is 10.4. The quantitative estimate of drug-likeness (QED) is 0.858. The highest BCUT2D eigenvalue weighted by Crippen LogP contribution is 2.31. The Balaban J connectivity index is 2.23. The number of halogens is 2. The molecule has 18 heavy (non-hydrogen) atoms. The van der Waals surface area contributed by atoms with Gasteiger partial charge in [-0.15, -0.1) is 5.10 Å². The molecule has 1 heterocycles. The first-order valence-electron chi connectivity index (χ1n) is 6.25. The molecular formula is C11H18F2N4S. The molecule has 1 aliphatic rings. The average molecular weight is 276 g/mol. The van der Waals surface area contributed by atoms with E-state index in [2.05, 4.69) is 10.2 Å². The molecular weight excluding hydrogens is 258 g/mol. The summed E-state index contributed by atoms with van der Waals surface area (Å²) in [5.41, 5.74) is 0. The van der Waals surface area contributed by atoms with Crippen molar-refractivity contribution in [2.75, 3.05) is 18.5 Å². The summed E-state index contributed by atoms with van der Waals surface area (Å²) in [5, 5.41) is 6.80. The zero-order valence-corrected chi connectivity index (χ0v) is 11.2. The van der Waals surface area contributed by atoms with E-state index in [1.54, 1.807) is 7.05 Å². The summed E-state index contributed by atoms with van der Waals surface area (Å²) in [5.74, 6) is 0.521. The minimum absolute atomic E-state index is 0.292. The highest BCUT2D eigenvalue weighted by molar-refractivity contribution is 7.71. The van der Waals surface area contributed by atoms with Crippen molar-refractivity contribution in [1.29, 1.82) is 0 Å². The Morgan fingerprint density at radius 2 is 2.11 bits per heavy atom. The number of H-pyrrole nitrogens is 1. The summed E-state index contributed by atoms with van der Waals surface area (Å²) in [6.07, 6.45) is 3.28. The highest BCUT2D eigenvalue weighted by Gasteiger charge is 2.22. The molecule has 1 aliphatic carbocycles. The predicted octanol–water partition coefficient (Wildman–Crippen LogP) is 3.15. The van der Waals surface area contributed by atoms with Gasteiger partial charge in [0, 0.05) is 13.1 Å². The number of alkyl halides is 2. The maximum Gasteiger partial charge on any atom is 0.255 e. The number of aromatic nitrogens is 3. The Hall–Kier alpha value is -0.980. The largest absolute Gasteiger partial charge is 0.338 e. The Morgan fingerprint density at radius 3 is 2.72 bits per heavy atom. The van der Waals surface area contributed by atoms with E-state index in [0.717, 1.165) is 25.7 Å². The lowest BCUT2D eigenvalue weighted by Gasteiger charge is -2.26. The molecule has 1 aromatic rings. The predicted molar refractivity (Wildman–Crippen MR) is 68.8 cm³/mol. The lowest BCUT2D eigenvalue weighted by molar-refractivity contribution is 0.155. The number of nitrogens with one attached hydrogen (secondary N) is 1. The first-order valence-corrected chi connectivity index (χ1v) is 6.66. The number of rotatable bonds is 4. The van der Waals surface area contributed by atoms with Crippen LogP contribution in [0.1, 0.15) is 38.1 Å². The molecule has 0 aromatic carbocycles. The van der Waals surface area contributed by atoms with Crippen LogP contribution in [0.2, 0.25) is 0 Å². The first kappa shape index (κ1) is 13.5. The van der Waals surface area contributed by atoms with Gasteiger partial charge in [-0.1, -0.05) is 19.3 Å². The molecule has 0 amide bonds. The molecule has 1 fully saturated rings. The molecule has 1 saturated carbocycles. The van der Waals surface area contributed by atoms with Gasteiger partial charge in [-0.2, -0.15) is 0 Å². The minimum Gasteiger partial charge on any atom is -0.338 e. The van der Waals surface area contributed by atoms with Crippen LogP contribution >= 0.6 is 12.2 Å². The van der Waals surface area contributed by atoms with Crippen molar-refractivity contribution in [3.63, 3.8) is 0 Å². The maximum atomic E-state index is 12.4. The van der Waals surface area contributed by atoms with E-state index in [1.807, 2.05) is 4.57 Å². The second-order valence-corrected chi connectivity index (χ2v) is 5.15. The normalized spacial score (nSPS) is 17.3. The van der Waals surface area contributed by atoms with Gasteiger partial charge in [0.15, 0.2) is 4.77 Å². The molecule has 0 aliphatic heterocycles. The number of aromatic amines is 1.